The second kappa shape index (κ2) is 8.25. The van der Waals surface area contributed by atoms with Gasteiger partial charge in [0.15, 0.2) is 11.9 Å². The first-order chi connectivity index (χ1) is 15.8. The number of fused-ring (bicyclic) bond motifs is 1. The molecule has 4 rings (SSSR count). The maximum Gasteiger partial charge on any atom is 0.417 e. The van der Waals surface area contributed by atoms with Crippen molar-refractivity contribution in [3.05, 3.63) is 64.6 Å². The Morgan fingerprint density at radius 2 is 1.97 bits per heavy atom. The fourth-order valence-electron chi connectivity index (χ4n) is 3.50. The van der Waals surface area contributed by atoms with Crippen LogP contribution < -0.4 is 10.9 Å². The molecule has 0 bridgehead atoms. The van der Waals surface area contributed by atoms with Crippen LogP contribution in [0.25, 0.3) is 16.9 Å². The molecule has 0 aliphatic heterocycles. The van der Waals surface area contributed by atoms with Gasteiger partial charge in [-0.1, -0.05) is 0 Å². The maximum absolute atomic E-state index is 13.4. The third-order valence-electron chi connectivity index (χ3n) is 4.97. The minimum absolute atomic E-state index is 0.0185. The first-order valence-electron chi connectivity index (χ1n) is 10.1. The summed E-state index contributed by atoms with van der Waals surface area (Å²) < 4.78 is 43.8. The normalized spacial score (nSPS) is 13.4. The number of nitrogens with zero attached hydrogens (tertiary/aromatic N) is 6. The molecule has 4 heterocycles. The molecule has 0 fully saturated rings. The average Bonchev–Trinajstić information content (AvgIpc) is 3.32. The van der Waals surface area contributed by atoms with Crippen molar-refractivity contribution in [1.29, 1.82) is 0 Å². The van der Waals surface area contributed by atoms with Crippen molar-refractivity contribution in [2.45, 2.75) is 38.4 Å². The number of anilines is 1. The minimum Gasteiger partial charge on any atom is -0.389 e. The Morgan fingerprint density at radius 1 is 1.24 bits per heavy atom. The molecule has 1 atom stereocenters. The van der Waals surface area contributed by atoms with Crippen LogP contribution in [-0.2, 0) is 19.8 Å². The summed E-state index contributed by atoms with van der Waals surface area (Å²) in [5, 5.41) is 32.1. The van der Waals surface area contributed by atoms with Gasteiger partial charge in [0.1, 0.15) is 5.69 Å². The van der Waals surface area contributed by atoms with E-state index in [9.17, 15) is 28.2 Å². The summed E-state index contributed by atoms with van der Waals surface area (Å²) in [6.07, 6.45) is 0.586. The van der Waals surface area contributed by atoms with Gasteiger partial charge in [0.05, 0.1) is 40.7 Å². The molecule has 13 heteroatoms. The predicted molar refractivity (Wildman–Crippen MR) is 116 cm³/mol. The summed E-state index contributed by atoms with van der Waals surface area (Å²) in [7, 11) is 1.21. The van der Waals surface area contributed by atoms with Crippen LogP contribution in [0.15, 0.2) is 47.9 Å². The molecule has 0 saturated carbocycles. The Bertz CT molecular complexity index is 1400. The molecule has 34 heavy (non-hydrogen) atoms. The largest absolute Gasteiger partial charge is 0.417 e. The van der Waals surface area contributed by atoms with Crippen LogP contribution in [0.2, 0.25) is 0 Å². The van der Waals surface area contributed by atoms with Gasteiger partial charge < -0.3 is 20.1 Å². The Kier molecular flexibility index (Phi) is 5.69. The molecule has 4 aromatic rings. The van der Waals surface area contributed by atoms with Crippen LogP contribution in [0.5, 0.6) is 0 Å². The Balaban J connectivity index is 1.82. The van der Waals surface area contributed by atoms with Gasteiger partial charge in [0, 0.05) is 31.8 Å². The van der Waals surface area contributed by atoms with Crippen LogP contribution in [0.3, 0.4) is 0 Å². The van der Waals surface area contributed by atoms with E-state index >= 15 is 0 Å². The number of pyridine rings is 1. The van der Waals surface area contributed by atoms with E-state index < -0.39 is 29.1 Å². The number of alkyl halides is 3. The van der Waals surface area contributed by atoms with Crippen LogP contribution in [0.4, 0.5) is 18.9 Å². The first-order valence-corrected chi connectivity index (χ1v) is 10.1. The monoisotopic (exact) mass is 477 g/mol. The van der Waals surface area contributed by atoms with E-state index in [0.717, 1.165) is 4.57 Å². The second-order valence-electron chi connectivity index (χ2n) is 8.49. The van der Waals surface area contributed by atoms with Gasteiger partial charge in [-0.15, -0.1) is 0 Å². The molecule has 10 nitrogen and oxygen atoms in total. The Morgan fingerprint density at radius 3 is 2.65 bits per heavy atom. The molecule has 0 aromatic carbocycles. The van der Waals surface area contributed by atoms with Crippen molar-refractivity contribution in [3.63, 3.8) is 0 Å². The van der Waals surface area contributed by atoms with E-state index in [0.29, 0.717) is 23.5 Å². The van der Waals surface area contributed by atoms with E-state index in [1.54, 1.807) is 12.3 Å². The Labute approximate surface area is 190 Å². The molecule has 180 valence electrons. The summed E-state index contributed by atoms with van der Waals surface area (Å²) in [6.45, 7) is 3.05. The van der Waals surface area contributed by atoms with Gasteiger partial charge in [-0.2, -0.15) is 23.4 Å². The van der Waals surface area contributed by atoms with Crippen molar-refractivity contribution in [1.82, 2.24) is 28.9 Å². The molecular formula is C21H22F3N7O3. The molecule has 0 aliphatic rings. The number of aliphatic hydroxyl groups is 2. The third-order valence-corrected chi connectivity index (χ3v) is 4.97. The number of aromatic nitrogens is 6. The minimum atomic E-state index is -4.69. The van der Waals surface area contributed by atoms with E-state index in [2.05, 4.69) is 20.5 Å². The number of nitrogens with one attached hydrogen (secondary N) is 1. The lowest BCUT2D eigenvalue weighted by atomic mass is 10.1. The van der Waals surface area contributed by atoms with Crippen LogP contribution in [0.1, 0.15) is 31.2 Å². The average molecular weight is 477 g/mol. The second-order valence-corrected chi connectivity index (χ2v) is 8.49. The van der Waals surface area contributed by atoms with Crippen molar-refractivity contribution < 1.29 is 23.4 Å². The highest BCUT2D eigenvalue weighted by Gasteiger charge is 2.33. The van der Waals surface area contributed by atoms with Crippen molar-refractivity contribution >= 4 is 11.3 Å². The van der Waals surface area contributed by atoms with Crippen molar-refractivity contribution in [2.24, 2.45) is 7.05 Å². The smallest absolute Gasteiger partial charge is 0.389 e. The zero-order valence-corrected chi connectivity index (χ0v) is 18.4. The molecule has 4 aromatic heterocycles. The van der Waals surface area contributed by atoms with Crippen LogP contribution in [0, 0.1) is 0 Å². The van der Waals surface area contributed by atoms with Gasteiger partial charge in [-0.25, -0.2) is 9.50 Å². The number of halogens is 3. The van der Waals surface area contributed by atoms with Crippen LogP contribution in [-0.4, -0.2) is 44.8 Å². The van der Waals surface area contributed by atoms with Crippen molar-refractivity contribution in [3.8, 4) is 11.3 Å². The highest BCUT2D eigenvalue weighted by Crippen LogP contribution is 2.33. The summed E-state index contributed by atoms with van der Waals surface area (Å²) in [6, 6.07) is 2.37. The fraction of sp³-hybridized carbons (Fsp3) is 0.333. The molecular weight excluding hydrogens is 455 g/mol. The van der Waals surface area contributed by atoms with Gasteiger partial charge >= 0.3 is 6.18 Å². The lowest BCUT2D eigenvalue weighted by Crippen LogP contribution is -2.26. The highest BCUT2D eigenvalue weighted by molar-refractivity contribution is 5.74. The van der Waals surface area contributed by atoms with E-state index in [4.69, 9.17) is 0 Å². The molecule has 3 N–H and O–H groups in total. The summed E-state index contributed by atoms with van der Waals surface area (Å²) in [5.41, 5.74) is -2.62. The molecule has 1 unspecified atom stereocenters. The van der Waals surface area contributed by atoms with Crippen molar-refractivity contribution in [2.75, 3.05) is 5.32 Å². The summed E-state index contributed by atoms with van der Waals surface area (Å²) in [4.78, 5) is 16.9. The molecule has 0 amide bonds. The SMILES string of the molecule is Cn1cc(C(F)(F)F)cc(-c2nn(CC(C)(C)O)cc2NC(O)c2cnn3cccnc23)c1=O. The highest BCUT2D eigenvalue weighted by atomic mass is 19.4. The summed E-state index contributed by atoms with van der Waals surface area (Å²) in [5.74, 6) is 0. The maximum atomic E-state index is 13.4. The fourth-order valence-corrected chi connectivity index (χ4v) is 3.50. The topological polar surface area (TPSA) is 122 Å². The molecule has 0 aliphatic carbocycles. The molecule has 0 radical (unpaired) electrons. The lowest BCUT2D eigenvalue weighted by Gasteiger charge is -2.16. The molecule has 0 saturated heterocycles. The van der Waals surface area contributed by atoms with Gasteiger partial charge in [0.25, 0.3) is 5.56 Å². The summed E-state index contributed by atoms with van der Waals surface area (Å²) >= 11 is 0. The third kappa shape index (κ3) is 4.65. The predicted octanol–water partition coefficient (Wildman–Crippen LogP) is 2.18. The number of hydrogen-bond acceptors (Lipinski definition) is 7. The Hall–Kier alpha value is -3.71. The molecule has 0 spiro atoms. The number of aryl methyl sites for hydroxylation is 1. The zero-order chi connectivity index (χ0) is 24.8. The standard InChI is InChI=1S/C21H22F3N7O3/c1-20(2,34)11-30-10-15(27-18(32)14-8-26-31-6-4-5-25-17(14)31)16(28-30)13-7-12(21(22,23)24)9-29(3)19(13)33/h4-10,18,27,32,34H,11H2,1-3H3. The number of aliphatic hydroxyl groups excluding tert-OH is 1. The van der Waals surface area contributed by atoms with E-state index in [-0.39, 0.29) is 23.5 Å². The quantitative estimate of drug-likeness (QED) is 0.364. The number of rotatable bonds is 6. The van der Waals surface area contributed by atoms with Gasteiger partial charge in [-0.05, 0) is 26.0 Å². The van der Waals surface area contributed by atoms with E-state index in [1.165, 1.54) is 48.7 Å². The number of hydrogen-bond donors (Lipinski definition) is 3. The first kappa shape index (κ1) is 23.4. The van der Waals surface area contributed by atoms with E-state index in [1.807, 2.05) is 0 Å². The zero-order valence-electron chi connectivity index (χ0n) is 18.4. The lowest BCUT2D eigenvalue weighted by molar-refractivity contribution is -0.138. The van der Waals surface area contributed by atoms with Gasteiger partial charge in [-0.3, -0.25) is 9.48 Å². The van der Waals surface area contributed by atoms with Gasteiger partial charge in [0.2, 0.25) is 0 Å². The van der Waals surface area contributed by atoms with Crippen LogP contribution >= 0.6 is 0 Å².